The lowest BCUT2D eigenvalue weighted by molar-refractivity contribution is 0.0329. The standard InChI is InChI=1S/C8H11NO3S/c1-3-5(2)12-8(11)6-4-7(10)13-9-6/h4-5,9H,3H2,1-2H3. The van der Waals surface area contributed by atoms with Gasteiger partial charge in [-0.3, -0.25) is 4.79 Å². The zero-order valence-corrected chi connectivity index (χ0v) is 8.31. The number of esters is 1. The maximum Gasteiger partial charge on any atom is 0.355 e. The first-order valence-electron chi connectivity index (χ1n) is 4.03. The van der Waals surface area contributed by atoms with Gasteiger partial charge in [0.1, 0.15) is 5.69 Å². The van der Waals surface area contributed by atoms with E-state index in [1.807, 2.05) is 13.8 Å². The van der Waals surface area contributed by atoms with E-state index in [4.69, 9.17) is 4.74 Å². The first-order chi connectivity index (χ1) is 6.13. The van der Waals surface area contributed by atoms with Crippen molar-refractivity contribution in [2.75, 3.05) is 0 Å². The Morgan fingerprint density at radius 1 is 1.77 bits per heavy atom. The quantitative estimate of drug-likeness (QED) is 0.752. The van der Waals surface area contributed by atoms with E-state index < -0.39 is 5.97 Å². The molecule has 1 atom stereocenters. The molecule has 1 heterocycles. The van der Waals surface area contributed by atoms with Gasteiger partial charge in [0.05, 0.1) is 6.10 Å². The highest BCUT2D eigenvalue weighted by Gasteiger charge is 2.12. The SMILES string of the molecule is CCC(C)OC(=O)c1cc(=O)s[nH]1. The molecule has 0 aliphatic rings. The van der Waals surface area contributed by atoms with Crippen LogP contribution in [0.4, 0.5) is 0 Å². The smallest absolute Gasteiger partial charge is 0.355 e. The Morgan fingerprint density at radius 2 is 2.46 bits per heavy atom. The number of hydrogen-bond donors (Lipinski definition) is 1. The minimum Gasteiger partial charge on any atom is -0.458 e. The lowest BCUT2D eigenvalue weighted by Gasteiger charge is -2.08. The largest absolute Gasteiger partial charge is 0.458 e. The second-order valence-corrected chi connectivity index (χ2v) is 3.52. The van der Waals surface area contributed by atoms with Gasteiger partial charge >= 0.3 is 5.97 Å². The van der Waals surface area contributed by atoms with Crippen LogP contribution in [0.3, 0.4) is 0 Å². The Bertz CT molecular complexity index is 341. The van der Waals surface area contributed by atoms with Crippen LogP contribution < -0.4 is 4.74 Å². The molecule has 1 aromatic rings. The molecule has 13 heavy (non-hydrogen) atoms. The fourth-order valence-electron chi connectivity index (χ4n) is 0.712. The van der Waals surface area contributed by atoms with Gasteiger partial charge in [-0.2, -0.15) is 0 Å². The van der Waals surface area contributed by atoms with Gasteiger partial charge in [0.15, 0.2) is 0 Å². The third-order valence-electron chi connectivity index (χ3n) is 1.63. The molecule has 0 spiro atoms. The van der Waals surface area contributed by atoms with Crippen molar-refractivity contribution in [2.24, 2.45) is 0 Å². The summed E-state index contributed by atoms with van der Waals surface area (Å²) in [6, 6.07) is 1.25. The van der Waals surface area contributed by atoms with Crippen molar-refractivity contribution in [3.63, 3.8) is 0 Å². The molecule has 0 amide bonds. The number of carbonyl (C=O) groups excluding carboxylic acids is 1. The van der Waals surface area contributed by atoms with Crippen molar-refractivity contribution in [2.45, 2.75) is 26.4 Å². The molecule has 4 nitrogen and oxygen atoms in total. The van der Waals surface area contributed by atoms with E-state index in [9.17, 15) is 9.59 Å². The van der Waals surface area contributed by atoms with Gasteiger partial charge in [0.2, 0.25) is 4.74 Å². The summed E-state index contributed by atoms with van der Waals surface area (Å²) in [5, 5.41) is 0. The van der Waals surface area contributed by atoms with Crippen molar-refractivity contribution < 1.29 is 9.53 Å². The van der Waals surface area contributed by atoms with Crippen LogP contribution >= 0.6 is 11.5 Å². The highest BCUT2D eigenvalue weighted by atomic mass is 32.1. The van der Waals surface area contributed by atoms with Crippen molar-refractivity contribution in [1.29, 1.82) is 0 Å². The molecule has 1 N–H and O–H groups in total. The van der Waals surface area contributed by atoms with Crippen molar-refractivity contribution in [3.8, 4) is 0 Å². The monoisotopic (exact) mass is 201 g/mol. The average Bonchev–Trinajstić information content (AvgIpc) is 2.51. The summed E-state index contributed by atoms with van der Waals surface area (Å²) < 4.78 is 7.42. The Hall–Kier alpha value is -1.10. The predicted octanol–water partition coefficient (Wildman–Crippen LogP) is 1.39. The summed E-state index contributed by atoms with van der Waals surface area (Å²) in [5.74, 6) is -0.465. The zero-order chi connectivity index (χ0) is 9.84. The van der Waals surface area contributed by atoms with E-state index in [-0.39, 0.29) is 16.5 Å². The third kappa shape index (κ3) is 2.69. The number of carbonyl (C=O) groups is 1. The van der Waals surface area contributed by atoms with E-state index in [1.165, 1.54) is 6.07 Å². The van der Waals surface area contributed by atoms with Crippen LogP contribution in [0.1, 0.15) is 30.8 Å². The summed E-state index contributed by atoms with van der Waals surface area (Å²) in [6.45, 7) is 3.73. The van der Waals surface area contributed by atoms with Crippen LogP contribution in [0.15, 0.2) is 10.9 Å². The second-order valence-electron chi connectivity index (χ2n) is 2.71. The van der Waals surface area contributed by atoms with Crippen molar-refractivity contribution in [3.05, 3.63) is 21.3 Å². The number of nitrogens with one attached hydrogen (secondary N) is 1. The second kappa shape index (κ2) is 4.23. The number of aromatic nitrogens is 1. The van der Waals surface area contributed by atoms with E-state index in [0.29, 0.717) is 0 Å². The summed E-state index contributed by atoms with van der Waals surface area (Å²) in [6.07, 6.45) is 0.649. The Kier molecular flexibility index (Phi) is 3.25. The summed E-state index contributed by atoms with van der Waals surface area (Å²) in [5.41, 5.74) is 0.232. The van der Waals surface area contributed by atoms with Gasteiger partial charge < -0.3 is 9.11 Å². The molecule has 0 aliphatic heterocycles. The number of H-pyrrole nitrogens is 1. The molecule has 0 saturated carbocycles. The van der Waals surface area contributed by atoms with E-state index in [0.717, 1.165) is 18.0 Å². The molecule has 1 rings (SSSR count). The molecular formula is C8H11NO3S. The van der Waals surface area contributed by atoms with Crippen LogP contribution in [0, 0.1) is 0 Å². The van der Waals surface area contributed by atoms with Gasteiger partial charge in [-0.05, 0) is 24.9 Å². The van der Waals surface area contributed by atoms with Crippen molar-refractivity contribution in [1.82, 2.24) is 4.37 Å². The van der Waals surface area contributed by atoms with E-state index in [1.54, 1.807) is 0 Å². The minimum atomic E-state index is -0.465. The molecule has 0 fully saturated rings. The number of ether oxygens (including phenoxy) is 1. The van der Waals surface area contributed by atoms with Crippen molar-refractivity contribution >= 4 is 17.5 Å². The highest BCUT2D eigenvalue weighted by Crippen LogP contribution is 2.02. The first kappa shape index (κ1) is 9.98. The maximum absolute atomic E-state index is 11.2. The number of hydrogen-bond acceptors (Lipinski definition) is 4. The normalized spacial score (nSPS) is 12.5. The van der Waals surface area contributed by atoms with Gasteiger partial charge in [-0.1, -0.05) is 6.92 Å². The Labute approximate surface area is 79.7 Å². The predicted molar refractivity (Wildman–Crippen MR) is 50.1 cm³/mol. The zero-order valence-electron chi connectivity index (χ0n) is 7.49. The Balaban J connectivity index is 2.64. The van der Waals surface area contributed by atoms with Crippen LogP contribution in [-0.4, -0.2) is 16.4 Å². The topological polar surface area (TPSA) is 59.2 Å². The molecular weight excluding hydrogens is 190 g/mol. The van der Waals surface area contributed by atoms with Gasteiger partial charge in [0, 0.05) is 6.07 Å². The van der Waals surface area contributed by atoms with Crippen LogP contribution in [0.5, 0.6) is 0 Å². The molecule has 0 aromatic carbocycles. The summed E-state index contributed by atoms with van der Waals surface area (Å²) in [4.78, 5) is 22.0. The fourth-order valence-corrected chi connectivity index (χ4v) is 1.24. The lowest BCUT2D eigenvalue weighted by atomic mass is 10.3. The summed E-state index contributed by atoms with van der Waals surface area (Å²) >= 11 is 0.886. The maximum atomic E-state index is 11.2. The van der Waals surface area contributed by atoms with Crippen LogP contribution in [0.2, 0.25) is 0 Å². The number of aromatic amines is 1. The molecule has 1 aromatic heterocycles. The van der Waals surface area contributed by atoms with E-state index in [2.05, 4.69) is 4.37 Å². The molecule has 0 bridgehead atoms. The fraction of sp³-hybridized carbons (Fsp3) is 0.500. The lowest BCUT2D eigenvalue weighted by Crippen LogP contribution is -2.14. The van der Waals surface area contributed by atoms with Gasteiger partial charge in [0.25, 0.3) is 0 Å². The Morgan fingerprint density at radius 3 is 2.92 bits per heavy atom. The summed E-state index contributed by atoms with van der Waals surface area (Å²) in [7, 11) is 0. The number of rotatable bonds is 3. The average molecular weight is 201 g/mol. The molecule has 72 valence electrons. The van der Waals surface area contributed by atoms with Gasteiger partial charge in [-0.25, -0.2) is 4.79 Å². The van der Waals surface area contributed by atoms with E-state index >= 15 is 0 Å². The molecule has 5 heteroatoms. The van der Waals surface area contributed by atoms with Crippen LogP contribution in [0.25, 0.3) is 0 Å². The minimum absolute atomic E-state index is 0.115. The molecule has 1 unspecified atom stereocenters. The first-order valence-corrected chi connectivity index (χ1v) is 4.84. The van der Waals surface area contributed by atoms with Gasteiger partial charge in [-0.15, -0.1) is 0 Å². The highest BCUT2D eigenvalue weighted by molar-refractivity contribution is 7.03. The third-order valence-corrected chi connectivity index (χ3v) is 2.27. The molecule has 0 aliphatic carbocycles. The molecule has 0 saturated heterocycles. The van der Waals surface area contributed by atoms with Crippen LogP contribution in [-0.2, 0) is 4.74 Å². The molecule has 0 radical (unpaired) electrons.